The highest BCUT2D eigenvalue weighted by Gasteiger charge is 2.82. The maximum absolute atomic E-state index is 17.1. The molecule has 21 rings (SSSR count). The number of halogens is 4. The number of aliphatic hydroxyl groups is 12. The topological polar surface area (TPSA) is 458 Å². The Morgan fingerprint density at radius 1 is 0.469 bits per heavy atom. The summed E-state index contributed by atoms with van der Waals surface area (Å²) < 4.78 is 80.9. The Labute approximate surface area is 867 Å². The van der Waals surface area contributed by atoms with Crippen LogP contribution in [0.2, 0.25) is 0 Å². The molecule has 26 nitrogen and oxygen atoms in total. The third kappa shape index (κ3) is 15.9. The van der Waals surface area contributed by atoms with Crippen molar-refractivity contribution in [2.75, 3.05) is 32.4 Å². The lowest BCUT2D eigenvalue weighted by Crippen LogP contribution is -2.70. The monoisotopic (exact) mass is 2070 g/mol. The number of thioether (sulfide) groups is 1. The number of ether oxygens (including phenoxy) is 3. The maximum atomic E-state index is 17.1. The average Bonchev–Trinajstić information content (AvgIpc) is 0.992. The predicted molar refractivity (Wildman–Crippen MR) is 538 cm³/mol. The van der Waals surface area contributed by atoms with Gasteiger partial charge in [0.25, 0.3) is 0 Å². The number of allylic oxidation sites excluding steroid dienone is 20. The van der Waals surface area contributed by atoms with Crippen LogP contribution in [0, 0.1) is 143 Å². The van der Waals surface area contributed by atoms with Crippen LogP contribution >= 0.6 is 11.8 Å². The van der Waals surface area contributed by atoms with Gasteiger partial charge in [0.15, 0.2) is 80.9 Å². The predicted octanol–water partition coefficient (Wildman–Crippen LogP) is 12.7. The molecule has 20 aliphatic carbocycles. The zero-order valence-corrected chi connectivity index (χ0v) is 87.3. The van der Waals surface area contributed by atoms with Crippen LogP contribution < -0.4 is 0 Å². The molecule has 16 fully saturated rings. The first-order valence-corrected chi connectivity index (χ1v) is 54.0. The van der Waals surface area contributed by atoms with Gasteiger partial charge in [-0.1, -0.05) is 150 Å². The molecule has 1 heterocycles. The Morgan fingerprint density at radius 2 is 0.912 bits per heavy atom. The van der Waals surface area contributed by atoms with E-state index >= 15 is 13.2 Å². The quantitative estimate of drug-likeness (QED) is 0.0436. The summed E-state index contributed by atoms with van der Waals surface area (Å²) in [4.78, 5) is 136. The molecule has 0 bridgehead atoms. The lowest BCUT2D eigenvalue weighted by molar-refractivity contribution is -0.226. The number of alkyl halides is 4. The van der Waals surface area contributed by atoms with Crippen molar-refractivity contribution in [2.45, 2.75) is 347 Å². The first kappa shape index (κ1) is 114. The maximum Gasteiger partial charge on any atom is 0.306 e. The number of rotatable bonds is 14. The van der Waals surface area contributed by atoms with E-state index in [1.165, 1.54) is 31.2 Å². The minimum Gasteiger partial charge on any atom is -0.449 e. The highest BCUT2D eigenvalue weighted by atomic mass is 32.2. The number of aliphatic hydroxyl groups excluding tert-OH is 9. The number of hydrogen-bond acceptors (Lipinski definition) is 27. The minimum absolute atomic E-state index is 0. The molecule has 32 heteroatoms. The van der Waals surface area contributed by atoms with Crippen molar-refractivity contribution < 1.29 is 147 Å². The first-order valence-electron chi connectivity index (χ1n) is 53.0. The Bertz CT molecular complexity index is 5680. The molecule has 40 atom stereocenters. The molecule has 1 saturated heterocycles. The molecule has 12 N–H and O–H groups in total. The molecule has 809 valence electrons. The standard InChI is InChI=1S/C25H34O6.C24H29F3O5S.C22H29FO5.C22H30O5.C21H28O5.CH4.B.H2/c1-4-5-21-30-20-11-17-16-7-6-14-10-15(27)8-9-23(14,2)22(16)18(28)12-24(17,3)25(20,31-21)19(29)13-26;1-4-19(30)32-23(20(31)33-12-25)8-6-14-15-10-17(26)16-9-13(28)5-7-21(16,2)24(15,27)18(29)11-22(14,23)3;1-12-8-16-15-5-4-13-9-14(25)6-7-19(13,2)21(15,23)17(26)10-20(16,3)22(12,28)18(27)11-24;1-12-8-14-15-5-7-22(27,18(26)11-23)21(15,3)10-17(25)19(14)20(2)6-4-13(24)9-16(12)20;1-19-7-5-13(23)9-12(19)3-4-14-15-6-8-21(26,17(25)11-22)20(15,2)10-16(24)18(14)19;;;/h8-10,16-18,20-22,26,28H,4-7,11-13H2,1-3H3;5,7,9,14-15,17-18,29H,4,6,8,10-12H2,1-3H3;6-7,9,12,15-17,24,26,28H,4-5,8,10-11H2,1-3H3;4,6,9,12,14-15,17,19,23,25,27H,5,7-8,10-11H2,1-3H3;5,7,9,14-16,18,22,24,26H,3-4,6,8,10-11H2,1-2H3;1H4;;1H/t16-,17-,18-,20+,21?,22+,23-,24-,25?;14-,15-,17-,18-,21-,22-,23-,24-;12-,15+,16+,17+,19+,20+,21+,22+;12-,14?,15?,17?,19?,20?,21?,22?;14-,15-,16-,18+,19-,20-,21-;;;/m00100.../s1/i;;;;;;;1+1. The first-order chi connectivity index (χ1) is 67.8. The van der Waals surface area contributed by atoms with E-state index in [1.807, 2.05) is 32.1 Å². The van der Waals surface area contributed by atoms with Gasteiger partial charge in [0.05, 0.1) is 36.6 Å². The SMILES string of the molecule is C.CCC(=O)O[C@]1(C(=O)SCF)CC[C@H]2[C@@H]3C[C@H](F)C4=CC(=O)C=C[C@]4(C)[C@@]3(F)[C@@H](O)C[C@@]21C.CCCC1O[C@@H]2C[C@H]3[C@@H]4CCC5=CC(=O)C=C[C@]5(C)[C@H]4[C@@H](O)C[C@]3(C)C2(C(=O)CO)O1.C[C@@H]1C[C@H]2[C@@H]3CCC4=CC(=O)C=C[C@]4(C)[C@@]3(F)[C@@H](O)C[C@]2(C)[C@@]1(O)C(=O)CO.C[C@H]1CC2C(C(O)CC3(C)C2CCC3(O)C(=O)CO)C2(C)C=CC(=O)C=C12.C[C@]12C=CC(=O)C=C1CC[C@@H]1[C@@H]2[C@@H](O)C[C@@]2(C)[C@H]1CC[C@]2(O)C(=O)CO.[2HH].[B]. The van der Waals surface area contributed by atoms with E-state index in [9.17, 15) is 118 Å². The average molecular weight is 2070 g/mol. The van der Waals surface area contributed by atoms with Crippen molar-refractivity contribution in [2.24, 2.45) is 143 Å². The summed E-state index contributed by atoms with van der Waals surface area (Å²) in [6, 6.07) is -1.01. The molecule has 0 amide bonds. The van der Waals surface area contributed by atoms with Crippen molar-refractivity contribution in [1.82, 2.24) is 0 Å². The van der Waals surface area contributed by atoms with Crippen molar-refractivity contribution >= 4 is 83.3 Å². The third-order valence-corrected chi connectivity index (χ3v) is 44.5. The smallest absolute Gasteiger partial charge is 0.306 e. The van der Waals surface area contributed by atoms with Gasteiger partial charge in [-0.2, -0.15) is 0 Å². The zero-order valence-electron chi connectivity index (χ0n) is 86.5. The summed E-state index contributed by atoms with van der Waals surface area (Å²) in [5.41, 5.74) is -16.1. The molecule has 15 saturated carbocycles. The molecule has 0 aromatic rings. The number of ketones is 9. The molecule has 3 radical (unpaired) electrons. The number of hydrogen-bond donors (Lipinski definition) is 12. The van der Waals surface area contributed by atoms with Crippen LogP contribution in [-0.2, 0) is 67.0 Å². The Balaban J connectivity index is 0.000000146. The lowest BCUT2D eigenvalue weighted by Gasteiger charge is -2.63. The molecular weight excluding hydrogens is 1920 g/mol. The Morgan fingerprint density at radius 3 is 1.42 bits per heavy atom. The van der Waals surface area contributed by atoms with Crippen LogP contribution in [0.3, 0.4) is 0 Å². The number of Topliss-reactive ketones (excluding diaryl/α,β-unsaturated/α-hetero) is 4. The van der Waals surface area contributed by atoms with Crippen LogP contribution in [0.25, 0.3) is 0 Å². The lowest BCUT2D eigenvalue weighted by atomic mass is 9.44. The fraction of sp³-hybridized carbons (Fsp3) is 0.730. The summed E-state index contributed by atoms with van der Waals surface area (Å²) in [7, 11) is 0. The van der Waals surface area contributed by atoms with Gasteiger partial charge < -0.3 is 75.5 Å². The van der Waals surface area contributed by atoms with Gasteiger partial charge in [0.2, 0.25) is 5.12 Å². The summed E-state index contributed by atoms with van der Waals surface area (Å²) in [6.07, 6.45) is 27.6. The van der Waals surface area contributed by atoms with Crippen molar-refractivity contribution in [3.8, 4) is 0 Å². The highest BCUT2D eigenvalue weighted by molar-refractivity contribution is 8.13. The number of carbonyl (C=O) groups excluding carboxylic acids is 11. The molecule has 9 unspecified atom stereocenters. The van der Waals surface area contributed by atoms with E-state index in [1.54, 1.807) is 77.2 Å². The summed E-state index contributed by atoms with van der Waals surface area (Å²) in [6.45, 7) is 23.7. The van der Waals surface area contributed by atoms with E-state index < -0.39 is 217 Å². The van der Waals surface area contributed by atoms with E-state index in [0.717, 1.165) is 74.2 Å². The van der Waals surface area contributed by atoms with Gasteiger partial charge in [-0.05, 0) is 292 Å². The fourth-order valence-corrected chi connectivity index (χ4v) is 37.5. The van der Waals surface area contributed by atoms with Gasteiger partial charge in [0, 0.05) is 100.0 Å². The Kier molecular flexibility index (Phi) is 30.5. The Hall–Kier alpha value is -6.86. The third-order valence-electron chi connectivity index (χ3n) is 43.8. The van der Waals surface area contributed by atoms with Gasteiger partial charge >= 0.3 is 5.97 Å². The molecule has 1 aliphatic heterocycles. The van der Waals surface area contributed by atoms with Crippen LogP contribution in [0.1, 0.15) is 260 Å². The van der Waals surface area contributed by atoms with Crippen molar-refractivity contribution in [3.05, 3.63) is 119 Å². The van der Waals surface area contributed by atoms with Gasteiger partial charge in [-0.15, -0.1) is 0 Å². The molecule has 147 heavy (non-hydrogen) atoms. The molecule has 0 aromatic carbocycles. The summed E-state index contributed by atoms with van der Waals surface area (Å²) >= 11 is 0.392. The van der Waals surface area contributed by atoms with Gasteiger partial charge in [-0.25, -0.2) is 17.6 Å². The van der Waals surface area contributed by atoms with Crippen LogP contribution in [0.5, 0.6) is 0 Å². The van der Waals surface area contributed by atoms with E-state index in [0.29, 0.717) is 81.5 Å². The fourth-order valence-electron chi connectivity index (χ4n) is 36.8. The molecule has 0 aromatic heterocycles. The van der Waals surface area contributed by atoms with Crippen LogP contribution in [0.4, 0.5) is 17.6 Å². The minimum atomic E-state index is -2.29. The second-order valence-corrected chi connectivity index (χ2v) is 50.4. The van der Waals surface area contributed by atoms with E-state index in [2.05, 4.69) is 41.5 Å². The normalized spacial score (nSPS) is 49.2. The van der Waals surface area contributed by atoms with Crippen LogP contribution in [0.15, 0.2) is 119 Å². The molecule has 0 spiro atoms. The summed E-state index contributed by atoms with van der Waals surface area (Å²) in [5.74, 6) is -5.06. The van der Waals surface area contributed by atoms with E-state index in [4.69, 9.17) is 14.2 Å². The molecule has 21 aliphatic rings. The van der Waals surface area contributed by atoms with Crippen molar-refractivity contribution in [3.63, 3.8) is 0 Å². The van der Waals surface area contributed by atoms with Gasteiger partial charge in [0.1, 0.15) is 55.4 Å². The second kappa shape index (κ2) is 39.2. The van der Waals surface area contributed by atoms with Crippen LogP contribution in [-0.4, -0.2) is 254 Å². The number of esters is 1. The number of fused-ring (bicyclic) bond motifs is 27. The second-order valence-electron chi connectivity index (χ2n) is 49.5. The van der Waals surface area contributed by atoms with Crippen molar-refractivity contribution in [1.29, 1.82) is 0 Å². The zero-order chi connectivity index (χ0) is 106. The number of carbonyl (C=O) groups is 11. The van der Waals surface area contributed by atoms with E-state index in [-0.39, 0.29) is 172 Å². The van der Waals surface area contributed by atoms with Gasteiger partial charge in [-0.3, -0.25) is 52.7 Å². The molecular formula is C115H156BF4O26S. The largest absolute Gasteiger partial charge is 0.449 e. The summed E-state index contributed by atoms with van der Waals surface area (Å²) in [5, 5.41) is 128. The highest BCUT2D eigenvalue weighted by Crippen LogP contribution is 2.77.